The molecule has 0 radical (unpaired) electrons. The zero-order valence-electron chi connectivity index (χ0n) is 14.7. The summed E-state index contributed by atoms with van der Waals surface area (Å²) in [6.45, 7) is 1.89. The second-order valence-electron chi connectivity index (χ2n) is 6.15. The van der Waals surface area contributed by atoms with Crippen molar-refractivity contribution < 1.29 is 18.7 Å². The number of carbonyl (C=O) groups excluding carboxylic acids is 2. The third kappa shape index (κ3) is 3.44. The lowest BCUT2D eigenvalue weighted by atomic mass is 10.1. The molecule has 2 aromatic carbocycles. The van der Waals surface area contributed by atoms with Gasteiger partial charge in [0.15, 0.2) is 6.61 Å². The summed E-state index contributed by atoms with van der Waals surface area (Å²) in [7, 11) is 0. The molecule has 4 rings (SSSR count). The van der Waals surface area contributed by atoms with Crippen molar-refractivity contribution in [1.29, 1.82) is 0 Å². The first-order valence-corrected chi connectivity index (χ1v) is 9.38. The van der Waals surface area contributed by atoms with Crippen molar-refractivity contribution in [1.82, 2.24) is 5.32 Å². The van der Waals surface area contributed by atoms with Crippen LogP contribution >= 0.6 is 11.3 Å². The Kier molecular flexibility index (Phi) is 4.64. The van der Waals surface area contributed by atoms with Crippen molar-refractivity contribution in [2.45, 2.75) is 13.5 Å². The van der Waals surface area contributed by atoms with E-state index in [-0.39, 0.29) is 18.3 Å². The van der Waals surface area contributed by atoms with Crippen LogP contribution in [0.4, 0.5) is 0 Å². The maximum absolute atomic E-state index is 12.4. The summed E-state index contributed by atoms with van der Waals surface area (Å²) < 4.78 is 11.0. The third-order valence-electron chi connectivity index (χ3n) is 4.39. The predicted molar refractivity (Wildman–Crippen MR) is 105 cm³/mol. The number of hydrogen-bond donors (Lipinski definition) is 1. The van der Waals surface area contributed by atoms with E-state index < -0.39 is 5.97 Å². The molecule has 0 saturated carbocycles. The molecule has 0 aliphatic heterocycles. The molecule has 2 aromatic heterocycles. The Morgan fingerprint density at radius 1 is 1.07 bits per heavy atom. The van der Waals surface area contributed by atoms with Gasteiger partial charge in [-0.05, 0) is 23.8 Å². The van der Waals surface area contributed by atoms with Crippen LogP contribution in [0.15, 0.2) is 58.3 Å². The summed E-state index contributed by atoms with van der Waals surface area (Å²) in [6, 6.07) is 15.6. The first kappa shape index (κ1) is 17.3. The molecular weight excluding hydrogens is 362 g/mol. The Morgan fingerprint density at radius 2 is 1.93 bits per heavy atom. The van der Waals surface area contributed by atoms with Crippen LogP contribution < -0.4 is 5.32 Å². The molecule has 2 heterocycles. The van der Waals surface area contributed by atoms with Gasteiger partial charge in [-0.25, -0.2) is 4.79 Å². The van der Waals surface area contributed by atoms with Gasteiger partial charge in [0.2, 0.25) is 5.76 Å². The largest absolute Gasteiger partial charge is 0.450 e. The highest BCUT2D eigenvalue weighted by Gasteiger charge is 2.21. The second kappa shape index (κ2) is 7.25. The van der Waals surface area contributed by atoms with E-state index in [9.17, 15) is 9.59 Å². The Hall–Kier alpha value is -3.12. The fourth-order valence-electron chi connectivity index (χ4n) is 2.99. The van der Waals surface area contributed by atoms with Crippen LogP contribution in [-0.4, -0.2) is 18.5 Å². The van der Waals surface area contributed by atoms with E-state index in [4.69, 9.17) is 9.15 Å². The maximum Gasteiger partial charge on any atom is 0.375 e. The van der Waals surface area contributed by atoms with Gasteiger partial charge >= 0.3 is 5.97 Å². The molecule has 5 nitrogen and oxygen atoms in total. The molecule has 0 bridgehead atoms. The number of nitrogens with one attached hydrogen (secondary N) is 1. The Labute approximate surface area is 159 Å². The minimum Gasteiger partial charge on any atom is -0.450 e. The van der Waals surface area contributed by atoms with E-state index in [0.29, 0.717) is 17.7 Å². The number of esters is 1. The van der Waals surface area contributed by atoms with Gasteiger partial charge in [0, 0.05) is 21.2 Å². The molecule has 27 heavy (non-hydrogen) atoms. The topological polar surface area (TPSA) is 68.5 Å². The SMILES string of the molecule is Cc1c(C(=O)OCC(=O)NCc2cccs2)oc2c1ccc1ccccc12. The van der Waals surface area contributed by atoms with Crippen LogP contribution in [0, 0.1) is 6.92 Å². The summed E-state index contributed by atoms with van der Waals surface area (Å²) in [5.74, 6) is -0.859. The number of hydrogen-bond acceptors (Lipinski definition) is 5. The molecule has 0 aliphatic carbocycles. The first-order chi connectivity index (χ1) is 13.1. The molecule has 0 spiro atoms. The molecule has 136 valence electrons. The zero-order chi connectivity index (χ0) is 18.8. The summed E-state index contributed by atoms with van der Waals surface area (Å²) in [6.07, 6.45) is 0. The second-order valence-corrected chi connectivity index (χ2v) is 7.18. The zero-order valence-corrected chi connectivity index (χ0v) is 15.5. The Morgan fingerprint density at radius 3 is 2.74 bits per heavy atom. The van der Waals surface area contributed by atoms with Crippen molar-refractivity contribution in [3.05, 3.63) is 70.1 Å². The number of carbonyl (C=O) groups is 2. The van der Waals surface area contributed by atoms with Gasteiger partial charge in [-0.3, -0.25) is 4.79 Å². The van der Waals surface area contributed by atoms with E-state index in [1.54, 1.807) is 11.3 Å². The van der Waals surface area contributed by atoms with Crippen LogP contribution in [0.25, 0.3) is 21.7 Å². The average molecular weight is 379 g/mol. The van der Waals surface area contributed by atoms with Crippen molar-refractivity contribution in [3.8, 4) is 0 Å². The fourth-order valence-corrected chi connectivity index (χ4v) is 3.64. The fraction of sp³-hybridized carbons (Fsp3) is 0.143. The highest BCUT2D eigenvalue weighted by molar-refractivity contribution is 7.09. The highest BCUT2D eigenvalue weighted by Crippen LogP contribution is 2.32. The van der Waals surface area contributed by atoms with Gasteiger partial charge in [-0.1, -0.05) is 42.5 Å². The molecule has 0 atom stereocenters. The van der Waals surface area contributed by atoms with Gasteiger partial charge in [-0.2, -0.15) is 0 Å². The maximum atomic E-state index is 12.4. The number of ether oxygens (including phenoxy) is 1. The highest BCUT2D eigenvalue weighted by atomic mass is 32.1. The summed E-state index contributed by atoms with van der Waals surface area (Å²) in [5, 5.41) is 7.49. The van der Waals surface area contributed by atoms with E-state index in [1.807, 2.05) is 60.8 Å². The number of thiophene rings is 1. The van der Waals surface area contributed by atoms with Crippen molar-refractivity contribution in [2.75, 3.05) is 6.61 Å². The van der Waals surface area contributed by atoms with Crippen LogP contribution in [0.1, 0.15) is 21.0 Å². The van der Waals surface area contributed by atoms with E-state index in [1.165, 1.54) is 0 Å². The van der Waals surface area contributed by atoms with E-state index in [2.05, 4.69) is 5.32 Å². The first-order valence-electron chi connectivity index (χ1n) is 8.50. The van der Waals surface area contributed by atoms with Gasteiger partial charge in [0.05, 0.1) is 6.54 Å². The summed E-state index contributed by atoms with van der Waals surface area (Å²) in [4.78, 5) is 25.3. The quantitative estimate of drug-likeness (QED) is 0.521. The minimum absolute atomic E-state index is 0.132. The van der Waals surface area contributed by atoms with Crippen LogP contribution in [0.5, 0.6) is 0 Å². The van der Waals surface area contributed by atoms with Crippen LogP contribution in [0.3, 0.4) is 0 Å². The summed E-state index contributed by atoms with van der Waals surface area (Å²) >= 11 is 1.55. The molecule has 6 heteroatoms. The Balaban J connectivity index is 1.48. The predicted octanol–water partition coefficient (Wildman–Crippen LogP) is 4.43. The number of amides is 1. The molecule has 0 saturated heterocycles. The van der Waals surface area contributed by atoms with E-state index >= 15 is 0 Å². The van der Waals surface area contributed by atoms with Gasteiger partial charge in [0.1, 0.15) is 5.58 Å². The van der Waals surface area contributed by atoms with Crippen molar-refractivity contribution in [2.24, 2.45) is 0 Å². The van der Waals surface area contributed by atoms with Crippen LogP contribution in [-0.2, 0) is 16.1 Å². The summed E-state index contributed by atoms with van der Waals surface area (Å²) in [5.41, 5.74) is 1.36. The molecule has 1 N–H and O–H groups in total. The standard InChI is InChI=1S/C21H17NO4S/c1-13-16-9-8-14-5-2-3-7-17(14)20(16)26-19(13)21(24)25-12-18(23)22-11-15-6-4-10-27-15/h2-10H,11-12H2,1H3,(H,22,23). The normalized spacial score (nSPS) is 11.0. The number of fused-ring (bicyclic) bond motifs is 3. The number of furan rings is 1. The molecular formula is C21H17NO4S. The average Bonchev–Trinajstić information content (AvgIpc) is 3.32. The number of benzene rings is 2. The lowest BCUT2D eigenvalue weighted by Gasteiger charge is -2.05. The Bertz CT molecular complexity index is 1130. The number of rotatable bonds is 5. The van der Waals surface area contributed by atoms with Crippen molar-refractivity contribution in [3.63, 3.8) is 0 Å². The lowest BCUT2D eigenvalue weighted by molar-refractivity contribution is -0.124. The lowest BCUT2D eigenvalue weighted by Crippen LogP contribution is -2.28. The van der Waals surface area contributed by atoms with Gasteiger partial charge < -0.3 is 14.5 Å². The van der Waals surface area contributed by atoms with Crippen molar-refractivity contribution >= 4 is 45.0 Å². The smallest absolute Gasteiger partial charge is 0.375 e. The monoisotopic (exact) mass is 379 g/mol. The van der Waals surface area contributed by atoms with Crippen LogP contribution in [0.2, 0.25) is 0 Å². The molecule has 4 aromatic rings. The minimum atomic E-state index is -0.640. The molecule has 0 aliphatic rings. The molecule has 0 unspecified atom stereocenters. The van der Waals surface area contributed by atoms with E-state index in [0.717, 1.165) is 21.0 Å². The van der Waals surface area contributed by atoms with Gasteiger partial charge in [-0.15, -0.1) is 11.3 Å². The third-order valence-corrected chi connectivity index (χ3v) is 5.26. The molecule has 0 fully saturated rings. The molecule has 1 amide bonds. The van der Waals surface area contributed by atoms with Gasteiger partial charge in [0.25, 0.3) is 5.91 Å². The number of aryl methyl sites for hydroxylation is 1.